The number of hydrogen-bond acceptors (Lipinski definition) is 3. The van der Waals surface area contributed by atoms with Crippen molar-refractivity contribution in [1.82, 2.24) is 5.32 Å². The van der Waals surface area contributed by atoms with Crippen LogP contribution in [0.4, 0.5) is 4.39 Å². The summed E-state index contributed by atoms with van der Waals surface area (Å²) in [6.07, 6.45) is 0. The van der Waals surface area contributed by atoms with Crippen molar-refractivity contribution in [2.45, 2.75) is 26.0 Å². The van der Waals surface area contributed by atoms with Crippen molar-refractivity contribution in [3.8, 4) is 0 Å². The Morgan fingerprint density at radius 2 is 2.06 bits per heavy atom. The van der Waals surface area contributed by atoms with Crippen LogP contribution in [-0.2, 0) is 11.3 Å². The normalized spacial score (nSPS) is 11.1. The minimum absolute atomic E-state index is 0.0544. The molecule has 6 heteroatoms. The second-order valence-electron chi connectivity index (χ2n) is 4.42. The number of amides is 2. The Bertz CT molecular complexity index is 481. The van der Waals surface area contributed by atoms with Crippen molar-refractivity contribution in [1.29, 1.82) is 0 Å². The van der Waals surface area contributed by atoms with Crippen molar-refractivity contribution in [3.63, 3.8) is 0 Å². The summed E-state index contributed by atoms with van der Waals surface area (Å²) in [5, 5.41) is 11.8. The first kappa shape index (κ1) is 14.1. The van der Waals surface area contributed by atoms with Crippen LogP contribution in [0.2, 0.25) is 0 Å². The highest BCUT2D eigenvalue weighted by Gasteiger charge is 2.23. The number of primary amides is 1. The van der Waals surface area contributed by atoms with E-state index < -0.39 is 23.2 Å². The number of carbonyl (C=O) groups is 2. The van der Waals surface area contributed by atoms with E-state index in [-0.39, 0.29) is 12.1 Å². The van der Waals surface area contributed by atoms with Gasteiger partial charge in [-0.2, -0.15) is 0 Å². The average Bonchev–Trinajstić information content (AvgIpc) is 2.24. The van der Waals surface area contributed by atoms with Crippen molar-refractivity contribution < 1.29 is 19.1 Å². The summed E-state index contributed by atoms with van der Waals surface area (Å²) in [6, 6.07) is 3.85. The quantitative estimate of drug-likeness (QED) is 0.722. The Kier molecular flexibility index (Phi) is 4.03. The van der Waals surface area contributed by atoms with Gasteiger partial charge in [0.2, 0.25) is 0 Å². The van der Waals surface area contributed by atoms with Crippen LogP contribution in [0.3, 0.4) is 0 Å². The predicted octanol–water partition coefficient (Wildman–Crippen LogP) is 0.312. The number of aliphatic hydroxyl groups is 1. The molecular weight excluding hydrogens is 239 g/mol. The Hall–Kier alpha value is -1.95. The van der Waals surface area contributed by atoms with Crippen LogP contribution < -0.4 is 11.1 Å². The summed E-state index contributed by atoms with van der Waals surface area (Å²) < 4.78 is 13.4. The number of benzene rings is 1. The molecule has 0 radical (unpaired) electrons. The molecule has 0 unspecified atom stereocenters. The van der Waals surface area contributed by atoms with E-state index in [2.05, 4.69) is 5.32 Å². The van der Waals surface area contributed by atoms with Crippen LogP contribution in [0, 0.1) is 5.82 Å². The molecule has 98 valence electrons. The number of halogens is 1. The van der Waals surface area contributed by atoms with Crippen LogP contribution in [0.25, 0.3) is 0 Å². The zero-order valence-corrected chi connectivity index (χ0v) is 10.2. The van der Waals surface area contributed by atoms with Gasteiger partial charge in [0.1, 0.15) is 11.4 Å². The lowest BCUT2D eigenvalue weighted by Crippen LogP contribution is -2.41. The first-order chi connectivity index (χ1) is 8.21. The number of nitrogens with two attached hydrogens (primary N) is 1. The summed E-state index contributed by atoms with van der Waals surface area (Å²) in [7, 11) is 0. The third-order valence-electron chi connectivity index (χ3n) is 2.31. The highest BCUT2D eigenvalue weighted by atomic mass is 19.1. The van der Waals surface area contributed by atoms with E-state index in [0.717, 1.165) is 6.07 Å². The van der Waals surface area contributed by atoms with Gasteiger partial charge < -0.3 is 16.2 Å². The maximum absolute atomic E-state index is 13.4. The van der Waals surface area contributed by atoms with Gasteiger partial charge in [-0.05, 0) is 31.5 Å². The first-order valence-corrected chi connectivity index (χ1v) is 5.30. The van der Waals surface area contributed by atoms with E-state index >= 15 is 0 Å². The molecule has 0 bridgehead atoms. The highest BCUT2D eigenvalue weighted by Crippen LogP contribution is 2.10. The Labute approximate surface area is 104 Å². The van der Waals surface area contributed by atoms with Crippen LogP contribution in [0.5, 0.6) is 0 Å². The Balaban J connectivity index is 2.73. The smallest absolute Gasteiger partial charge is 0.251 e. The van der Waals surface area contributed by atoms with E-state index in [9.17, 15) is 19.1 Å². The second kappa shape index (κ2) is 5.14. The molecule has 0 aliphatic rings. The van der Waals surface area contributed by atoms with Gasteiger partial charge in [-0.25, -0.2) is 4.39 Å². The van der Waals surface area contributed by atoms with Gasteiger partial charge in [-0.1, -0.05) is 6.07 Å². The second-order valence-corrected chi connectivity index (χ2v) is 4.42. The molecule has 2 amide bonds. The highest BCUT2D eigenvalue weighted by molar-refractivity contribution is 5.93. The lowest BCUT2D eigenvalue weighted by molar-refractivity contribution is -0.136. The first-order valence-electron chi connectivity index (χ1n) is 5.30. The van der Waals surface area contributed by atoms with Crippen LogP contribution >= 0.6 is 0 Å². The van der Waals surface area contributed by atoms with Gasteiger partial charge >= 0.3 is 0 Å². The van der Waals surface area contributed by atoms with Gasteiger partial charge in [-0.15, -0.1) is 0 Å². The minimum atomic E-state index is -1.49. The monoisotopic (exact) mass is 254 g/mol. The third kappa shape index (κ3) is 3.53. The van der Waals surface area contributed by atoms with Crippen molar-refractivity contribution in [2.24, 2.45) is 5.73 Å². The largest absolute Gasteiger partial charge is 0.381 e. The summed E-state index contributed by atoms with van der Waals surface area (Å²) >= 11 is 0. The van der Waals surface area contributed by atoms with E-state index in [1.165, 1.54) is 26.0 Å². The van der Waals surface area contributed by atoms with E-state index in [0.29, 0.717) is 5.56 Å². The van der Waals surface area contributed by atoms with Gasteiger partial charge in [-0.3, -0.25) is 9.59 Å². The fourth-order valence-corrected chi connectivity index (χ4v) is 1.27. The van der Waals surface area contributed by atoms with Gasteiger partial charge in [0.25, 0.3) is 11.8 Å². The van der Waals surface area contributed by atoms with E-state index in [1.807, 2.05) is 0 Å². The number of hydrogen-bond donors (Lipinski definition) is 3. The molecule has 0 fully saturated rings. The molecule has 0 saturated carbocycles. The maximum Gasteiger partial charge on any atom is 0.251 e. The molecule has 0 aliphatic heterocycles. The van der Waals surface area contributed by atoms with Crippen LogP contribution in [-0.4, -0.2) is 22.5 Å². The zero-order valence-electron chi connectivity index (χ0n) is 10.2. The Morgan fingerprint density at radius 1 is 1.44 bits per heavy atom. The topological polar surface area (TPSA) is 92.4 Å². The third-order valence-corrected chi connectivity index (χ3v) is 2.31. The lowest BCUT2D eigenvalue weighted by Gasteiger charge is -2.16. The van der Waals surface area contributed by atoms with Crippen LogP contribution in [0.1, 0.15) is 29.8 Å². The molecule has 0 aromatic heterocycles. The molecular formula is C12H15FN2O3. The van der Waals surface area contributed by atoms with Gasteiger partial charge in [0.05, 0.1) is 5.56 Å². The van der Waals surface area contributed by atoms with Gasteiger partial charge in [0, 0.05) is 6.54 Å². The molecule has 0 spiro atoms. The van der Waals surface area contributed by atoms with Crippen molar-refractivity contribution in [3.05, 3.63) is 35.1 Å². The number of carbonyl (C=O) groups excluding carboxylic acids is 2. The summed E-state index contributed by atoms with van der Waals surface area (Å²) in [4.78, 5) is 22.2. The molecule has 0 heterocycles. The molecule has 4 N–H and O–H groups in total. The standard InChI is InChI=1S/C12H15FN2O3/c1-12(2,18)11(17)15-6-7-3-4-8(10(14)16)9(13)5-7/h3-5,18H,6H2,1-2H3,(H2,14,16)(H,15,17). The molecule has 0 saturated heterocycles. The molecule has 1 aromatic carbocycles. The average molecular weight is 254 g/mol. The molecule has 0 aliphatic carbocycles. The summed E-state index contributed by atoms with van der Waals surface area (Å²) in [5.41, 5.74) is 3.73. The number of nitrogens with one attached hydrogen (secondary N) is 1. The molecule has 5 nitrogen and oxygen atoms in total. The van der Waals surface area contributed by atoms with E-state index in [4.69, 9.17) is 5.73 Å². The molecule has 0 atom stereocenters. The zero-order chi connectivity index (χ0) is 13.9. The van der Waals surface area contributed by atoms with Crippen molar-refractivity contribution in [2.75, 3.05) is 0 Å². The maximum atomic E-state index is 13.4. The predicted molar refractivity (Wildman–Crippen MR) is 63.1 cm³/mol. The fourth-order valence-electron chi connectivity index (χ4n) is 1.27. The lowest BCUT2D eigenvalue weighted by atomic mass is 10.1. The van der Waals surface area contributed by atoms with Gasteiger partial charge in [0.15, 0.2) is 0 Å². The summed E-state index contributed by atoms with van der Waals surface area (Å²) in [6.45, 7) is 2.75. The Morgan fingerprint density at radius 3 is 2.50 bits per heavy atom. The minimum Gasteiger partial charge on any atom is -0.381 e. The molecule has 18 heavy (non-hydrogen) atoms. The van der Waals surface area contributed by atoms with Crippen LogP contribution in [0.15, 0.2) is 18.2 Å². The van der Waals surface area contributed by atoms with E-state index in [1.54, 1.807) is 0 Å². The summed E-state index contributed by atoms with van der Waals surface area (Å²) in [5.74, 6) is -2.15. The number of rotatable bonds is 4. The SMILES string of the molecule is CC(C)(O)C(=O)NCc1ccc(C(N)=O)c(F)c1. The van der Waals surface area contributed by atoms with Crippen molar-refractivity contribution >= 4 is 11.8 Å². The fraction of sp³-hybridized carbons (Fsp3) is 0.333. The molecule has 1 aromatic rings. The molecule has 1 rings (SSSR count).